The summed E-state index contributed by atoms with van der Waals surface area (Å²) in [6, 6.07) is 6.30. The van der Waals surface area contributed by atoms with Crippen LogP contribution in [0.15, 0.2) is 18.2 Å². The number of carbonyl (C=O) groups excluding carboxylic acids is 1. The van der Waals surface area contributed by atoms with Crippen LogP contribution in [0.25, 0.3) is 0 Å². The number of rotatable bonds is 5. The van der Waals surface area contributed by atoms with Crippen molar-refractivity contribution in [2.45, 2.75) is 26.7 Å². The van der Waals surface area contributed by atoms with Gasteiger partial charge in [0.1, 0.15) is 12.4 Å². The van der Waals surface area contributed by atoms with Crippen LogP contribution in [0.5, 0.6) is 5.75 Å². The van der Waals surface area contributed by atoms with Crippen molar-refractivity contribution in [2.75, 3.05) is 40.3 Å². The molecule has 0 radical (unpaired) electrons. The fraction of sp³-hybridized carbons (Fsp3) is 0.611. The van der Waals surface area contributed by atoms with E-state index in [0.717, 1.165) is 38.2 Å². The first kappa shape index (κ1) is 16.8. The van der Waals surface area contributed by atoms with Gasteiger partial charge in [0.25, 0.3) is 0 Å². The molecule has 1 saturated heterocycles. The molecule has 4 nitrogen and oxygen atoms in total. The van der Waals surface area contributed by atoms with Crippen molar-refractivity contribution in [1.29, 1.82) is 0 Å². The zero-order chi connectivity index (χ0) is 16.1. The van der Waals surface area contributed by atoms with Crippen molar-refractivity contribution in [3.05, 3.63) is 29.3 Å². The molecule has 0 unspecified atom stereocenters. The topological polar surface area (TPSA) is 32.8 Å². The number of hydrogen-bond acceptors (Lipinski definition) is 3. The molecule has 0 bridgehead atoms. The van der Waals surface area contributed by atoms with Gasteiger partial charge in [-0.25, -0.2) is 0 Å². The fourth-order valence-corrected chi connectivity index (χ4v) is 2.92. The summed E-state index contributed by atoms with van der Waals surface area (Å²) in [5.41, 5.74) is 2.41. The van der Waals surface area contributed by atoms with Crippen LogP contribution >= 0.6 is 0 Å². The summed E-state index contributed by atoms with van der Waals surface area (Å²) in [5.74, 6) is 1.45. The number of piperidine rings is 1. The molecule has 0 saturated carbocycles. The molecule has 1 aromatic carbocycles. The van der Waals surface area contributed by atoms with Gasteiger partial charge in [0.05, 0.1) is 0 Å². The maximum Gasteiger partial charge on any atom is 0.225 e. The molecule has 0 N–H and O–H groups in total. The van der Waals surface area contributed by atoms with Crippen molar-refractivity contribution in [2.24, 2.45) is 5.92 Å². The number of likely N-dealkylation sites (tertiary alicyclic amines) is 1. The Morgan fingerprint density at radius 3 is 2.59 bits per heavy atom. The summed E-state index contributed by atoms with van der Waals surface area (Å²) in [7, 11) is 3.68. The van der Waals surface area contributed by atoms with Gasteiger partial charge in [0.15, 0.2) is 0 Å². The zero-order valence-electron chi connectivity index (χ0n) is 14.3. The molecular formula is C18H28N2O2. The molecule has 4 heteroatoms. The minimum absolute atomic E-state index is 0.200. The summed E-state index contributed by atoms with van der Waals surface area (Å²) in [4.78, 5) is 16.1. The SMILES string of the molecule is Cc1ccc(C)c(OCCN2CCC(C(=O)N(C)C)CC2)c1. The quantitative estimate of drug-likeness (QED) is 0.838. The maximum atomic E-state index is 12.0. The molecule has 0 spiro atoms. The molecule has 1 heterocycles. The molecule has 2 rings (SSSR count). The van der Waals surface area contributed by atoms with Crippen molar-refractivity contribution < 1.29 is 9.53 Å². The standard InChI is InChI=1S/C18H28N2O2/c1-14-5-6-15(2)17(13-14)22-12-11-20-9-7-16(8-10-20)18(21)19(3)4/h5-6,13,16H,7-12H2,1-4H3. The third-order valence-corrected chi connectivity index (χ3v) is 4.39. The highest BCUT2D eigenvalue weighted by atomic mass is 16.5. The van der Waals surface area contributed by atoms with Gasteiger partial charge < -0.3 is 9.64 Å². The summed E-state index contributed by atoms with van der Waals surface area (Å²) in [5, 5.41) is 0. The number of aryl methyl sites for hydroxylation is 2. The summed E-state index contributed by atoms with van der Waals surface area (Å²) < 4.78 is 5.92. The minimum Gasteiger partial charge on any atom is -0.492 e. The second kappa shape index (κ2) is 7.63. The minimum atomic E-state index is 0.200. The molecule has 0 atom stereocenters. The van der Waals surface area contributed by atoms with Crippen LogP contribution in [0, 0.1) is 19.8 Å². The largest absolute Gasteiger partial charge is 0.492 e. The highest BCUT2D eigenvalue weighted by molar-refractivity contribution is 5.78. The monoisotopic (exact) mass is 304 g/mol. The van der Waals surface area contributed by atoms with Crippen molar-refractivity contribution >= 4 is 5.91 Å². The lowest BCUT2D eigenvalue weighted by molar-refractivity contribution is -0.134. The van der Waals surface area contributed by atoms with E-state index >= 15 is 0 Å². The highest BCUT2D eigenvalue weighted by Gasteiger charge is 2.25. The van der Waals surface area contributed by atoms with Gasteiger partial charge in [-0.05, 0) is 57.0 Å². The number of hydrogen-bond donors (Lipinski definition) is 0. The van der Waals surface area contributed by atoms with Crippen LogP contribution in [-0.2, 0) is 4.79 Å². The van der Waals surface area contributed by atoms with E-state index in [2.05, 4.69) is 36.9 Å². The predicted molar refractivity (Wildman–Crippen MR) is 89.3 cm³/mol. The van der Waals surface area contributed by atoms with E-state index in [0.29, 0.717) is 6.61 Å². The van der Waals surface area contributed by atoms with E-state index in [1.165, 1.54) is 11.1 Å². The number of amides is 1. The van der Waals surface area contributed by atoms with Gasteiger partial charge in [0, 0.05) is 26.6 Å². The average molecular weight is 304 g/mol. The average Bonchev–Trinajstić information content (AvgIpc) is 2.50. The Balaban J connectivity index is 1.73. The lowest BCUT2D eigenvalue weighted by Crippen LogP contribution is -2.41. The maximum absolute atomic E-state index is 12.0. The third-order valence-electron chi connectivity index (χ3n) is 4.39. The smallest absolute Gasteiger partial charge is 0.225 e. The van der Waals surface area contributed by atoms with Crippen molar-refractivity contribution in [3.63, 3.8) is 0 Å². The first-order valence-electron chi connectivity index (χ1n) is 8.11. The van der Waals surface area contributed by atoms with E-state index < -0.39 is 0 Å². The van der Waals surface area contributed by atoms with E-state index in [1.807, 2.05) is 14.1 Å². The molecular weight excluding hydrogens is 276 g/mol. The second-order valence-corrected chi connectivity index (χ2v) is 6.47. The molecule has 1 aliphatic rings. The predicted octanol–water partition coefficient (Wildman–Crippen LogP) is 2.48. The Kier molecular flexibility index (Phi) is 5.83. The second-order valence-electron chi connectivity index (χ2n) is 6.47. The molecule has 1 fully saturated rings. The van der Waals surface area contributed by atoms with E-state index in [4.69, 9.17) is 4.74 Å². The lowest BCUT2D eigenvalue weighted by atomic mass is 9.95. The molecule has 22 heavy (non-hydrogen) atoms. The molecule has 1 aliphatic heterocycles. The Labute approximate surface area is 134 Å². The molecule has 0 aliphatic carbocycles. The van der Waals surface area contributed by atoms with Gasteiger partial charge in [-0.15, -0.1) is 0 Å². The zero-order valence-corrected chi connectivity index (χ0v) is 14.3. The number of benzene rings is 1. The van der Waals surface area contributed by atoms with Gasteiger partial charge >= 0.3 is 0 Å². The number of carbonyl (C=O) groups is 1. The van der Waals surface area contributed by atoms with Gasteiger partial charge in [-0.2, -0.15) is 0 Å². The van der Waals surface area contributed by atoms with Crippen LogP contribution < -0.4 is 4.74 Å². The van der Waals surface area contributed by atoms with Gasteiger partial charge in [0.2, 0.25) is 5.91 Å². The van der Waals surface area contributed by atoms with Crippen LogP contribution in [0.2, 0.25) is 0 Å². The molecule has 1 amide bonds. The summed E-state index contributed by atoms with van der Waals surface area (Å²) in [6.45, 7) is 7.76. The fourth-order valence-electron chi connectivity index (χ4n) is 2.92. The third kappa shape index (κ3) is 4.47. The Bertz CT molecular complexity index is 506. The molecule has 1 aromatic rings. The van der Waals surface area contributed by atoms with Crippen LogP contribution in [0.1, 0.15) is 24.0 Å². The van der Waals surface area contributed by atoms with E-state index in [-0.39, 0.29) is 11.8 Å². The summed E-state index contributed by atoms with van der Waals surface area (Å²) in [6.07, 6.45) is 1.92. The van der Waals surface area contributed by atoms with Crippen molar-refractivity contribution in [3.8, 4) is 5.75 Å². The normalized spacial score (nSPS) is 16.5. The van der Waals surface area contributed by atoms with Gasteiger partial charge in [-0.3, -0.25) is 9.69 Å². The molecule has 0 aromatic heterocycles. The van der Waals surface area contributed by atoms with Crippen LogP contribution in [-0.4, -0.2) is 56.0 Å². The van der Waals surface area contributed by atoms with Gasteiger partial charge in [-0.1, -0.05) is 12.1 Å². The first-order valence-corrected chi connectivity index (χ1v) is 8.11. The lowest BCUT2D eigenvalue weighted by Gasteiger charge is -2.32. The Morgan fingerprint density at radius 2 is 1.95 bits per heavy atom. The summed E-state index contributed by atoms with van der Waals surface area (Å²) >= 11 is 0. The Morgan fingerprint density at radius 1 is 1.27 bits per heavy atom. The van der Waals surface area contributed by atoms with Crippen molar-refractivity contribution in [1.82, 2.24) is 9.80 Å². The molecule has 122 valence electrons. The van der Waals surface area contributed by atoms with E-state index in [9.17, 15) is 4.79 Å². The van der Waals surface area contributed by atoms with Crippen LogP contribution in [0.4, 0.5) is 0 Å². The number of ether oxygens (including phenoxy) is 1. The first-order chi connectivity index (χ1) is 10.5. The van der Waals surface area contributed by atoms with Crippen LogP contribution in [0.3, 0.4) is 0 Å². The number of nitrogens with zero attached hydrogens (tertiary/aromatic N) is 2. The highest BCUT2D eigenvalue weighted by Crippen LogP contribution is 2.20. The van der Waals surface area contributed by atoms with E-state index in [1.54, 1.807) is 4.90 Å². The Hall–Kier alpha value is -1.55.